The maximum absolute atomic E-state index is 13.5. The van der Waals surface area contributed by atoms with Crippen LogP contribution in [0.15, 0.2) is 107 Å². The Balaban J connectivity index is 1.46. The monoisotopic (exact) mass is 615 g/mol. The molecule has 0 saturated carbocycles. The van der Waals surface area contributed by atoms with Crippen LogP contribution in [-0.2, 0) is 28.0 Å². The van der Waals surface area contributed by atoms with Gasteiger partial charge in [-0.1, -0.05) is 83.3 Å². The number of hydrazone groups is 1. The number of carbonyl (C=O) groups is 1. The predicted octanol–water partition coefficient (Wildman–Crippen LogP) is 6.57. The number of nitrogens with one attached hydrogen (secondary N) is 1. The summed E-state index contributed by atoms with van der Waals surface area (Å²) in [6, 6.07) is 27.4. The second-order valence-electron chi connectivity index (χ2n) is 8.57. The van der Waals surface area contributed by atoms with Crippen molar-refractivity contribution in [2.75, 3.05) is 6.54 Å². The van der Waals surface area contributed by atoms with E-state index in [9.17, 15) is 13.2 Å². The minimum atomic E-state index is -4.13. The van der Waals surface area contributed by atoms with Crippen LogP contribution in [-0.4, -0.2) is 31.4 Å². The van der Waals surface area contributed by atoms with E-state index in [1.54, 1.807) is 36.4 Å². The van der Waals surface area contributed by atoms with Crippen molar-refractivity contribution in [3.05, 3.63) is 129 Å². The molecule has 40 heavy (non-hydrogen) atoms. The van der Waals surface area contributed by atoms with E-state index >= 15 is 0 Å². The predicted molar refractivity (Wildman–Crippen MR) is 158 cm³/mol. The fourth-order valence-corrected chi connectivity index (χ4v) is 5.65. The number of hydrogen-bond acceptors (Lipinski definition) is 5. The zero-order valence-corrected chi connectivity index (χ0v) is 24.1. The molecule has 206 valence electrons. The molecular weight excluding hydrogens is 593 g/mol. The van der Waals surface area contributed by atoms with Crippen molar-refractivity contribution in [2.45, 2.75) is 18.0 Å². The summed E-state index contributed by atoms with van der Waals surface area (Å²) >= 11 is 18.5. The van der Waals surface area contributed by atoms with Gasteiger partial charge in [-0.05, 0) is 59.7 Å². The van der Waals surface area contributed by atoms with Crippen LogP contribution in [0.1, 0.15) is 16.7 Å². The summed E-state index contributed by atoms with van der Waals surface area (Å²) in [6.45, 7) is -0.364. The van der Waals surface area contributed by atoms with E-state index in [1.165, 1.54) is 30.5 Å². The molecule has 0 saturated heterocycles. The lowest BCUT2D eigenvalue weighted by molar-refractivity contribution is -0.121. The van der Waals surface area contributed by atoms with Gasteiger partial charge in [0.15, 0.2) is 0 Å². The molecule has 4 aromatic rings. The Hall–Kier alpha value is -3.40. The summed E-state index contributed by atoms with van der Waals surface area (Å²) in [7, 11) is -4.13. The van der Waals surface area contributed by atoms with E-state index in [4.69, 9.17) is 39.5 Å². The molecule has 0 spiro atoms. The van der Waals surface area contributed by atoms with Crippen molar-refractivity contribution >= 4 is 56.9 Å². The quantitative estimate of drug-likeness (QED) is 0.153. The molecule has 7 nitrogen and oxygen atoms in total. The maximum Gasteiger partial charge on any atom is 0.255 e. The molecule has 11 heteroatoms. The zero-order valence-electron chi connectivity index (χ0n) is 21.0. The van der Waals surface area contributed by atoms with Gasteiger partial charge in [-0.2, -0.15) is 9.41 Å². The van der Waals surface area contributed by atoms with Crippen LogP contribution in [0.2, 0.25) is 15.1 Å². The highest BCUT2D eigenvalue weighted by Crippen LogP contribution is 2.28. The number of benzene rings is 4. The molecule has 0 aliphatic rings. The van der Waals surface area contributed by atoms with Crippen LogP contribution in [0.4, 0.5) is 0 Å². The molecule has 4 rings (SSSR count). The molecule has 1 amide bonds. The lowest BCUT2D eigenvalue weighted by Gasteiger charge is -2.22. The maximum atomic E-state index is 13.5. The number of halogens is 3. The van der Waals surface area contributed by atoms with Crippen molar-refractivity contribution < 1.29 is 17.9 Å². The average Bonchev–Trinajstić information content (AvgIpc) is 2.94. The first-order valence-electron chi connectivity index (χ1n) is 12.0. The molecule has 4 aromatic carbocycles. The molecule has 0 fully saturated rings. The third-order valence-electron chi connectivity index (χ3n) is 5.68. The van der Waals surface area contributed by atoms with E-state index in [0.29, 0.717) is 28.5 Å². The molecule has 0 atom stereocenters. The molecule has 0 unspecified atom stereocenters. The summed E-state index contributed by atoms with van der Waals surface area (Å²) in [4.78, 5) is 12.8. The van der Waals surface area contributed by atoms with E-state index in [1.807, 2.05) is 36.4 Å². The number of sulfonamides is 1. The van der Waals surface area contributed by atoms with Crippen LogP contribution < -0.4 is 10.2 Å². The van der Waals surface area contributed by atoms with E-state index in [0.717, 1.165) is 9.87 Å². The first-order valence-corrected chi connectivity index (χ1v) is 14.6. The second kappa shape index (κ2) is 13.8. The fourth-order valence-electron chi connectivity index (χ4n) is 3.64. The first kappa shape index (κ1) is 29.6. The summed E-state index contributed by atoms with van der Waals surface area (Å²) in [6.07, 6.45) is 1.44. The molecule has 0 aromatic heterocycles. The van der Waals surface area contributed by atoms with Crippen LogP contribution in [0.25, 0.3) is 0 Å². The first-order chi connectivity index (χ1) is 19.2. The number of nitrogens with zero attached hydrogens (tertiary/aromatic N) is 2. The molecular formula is C29H24Cl3N3O4S. The molecule has 1 N–H and O–H groups in total. The third-order valence-corrected chi connectivity index (χ3v) is 8.44. The lowest BCUT2D eigenvalue weighted by atomic mass is 10.2. The van der Waals surface area contributed by atoms with Gasteiger partial charge in [0.1, 0.15) is 12.4 Å². The molecule has 0 heterocycles. The highest BCUT2D eigenvalue weighted by molar-refractivity contribution is 7.89. The topological polar surface area (TPSA) is 88.1 Å². The zero-order chi connectivity index (χ0) is 28.5. The van der Waals surface area contributed by atoms with Crippen molar-refractivity contribution in [1.29, 1.82) is 0 Å². The van der Waals surface area contributed by atoms with Gasteiger partial charge in [0.05, 0.1) is 17.7 Å². The van der Waals surface area contributed by atoms with Gasteiger partial charge in [0, 0.05) is 27.2 Å². The van der Waals surface area contributed by atoms with Gasteiger partial charge in [-0.25, -0.2) is 13.8 Å². The number of carbonyl (C=O) groups excluding carboxylic acids is 1. The minimum Gasteiger partial charge on any atom is -0.489 e. The van der Waals surface area contributed by atoms with E-state index in [2.05, 4.69) is 10.5 Å². The Morgan fingerprint density at radius 3 is 2.25 bits per heavy atom. The fraction of sp³-hybridized carbons (Fsp3) is 0.103. The number of ether oxygens (including phenoxy) is 1. The van der Waals surface area contributed by atoms with E-state index < -0.39 is 22.5 Å². The van der Waals surface area contributed by atoms with Crippen molar-refractivity contribution in [2.24, 2.45) is 5.10 Å². The SMILES string of the molecule is O=C(CN(Cc1c(Cl)cccc1Cl)S(=O)(=O)c1ccc(Cl)cc1)N/N=C\c1cccc(OCc2ccccc2)c1. The third kappa shape index (κ3) is 8.06. The molecule has 0 aliphatic carbocycles. The Morgan fingerprint density at radius 2 is 1.55 bits per heavy atom. The number of amides is 1. The summed E-state index contributed by atoms with van der Waals surface area (Å²) < 4.78 is 33.7. The Bertz CT molecular complexity index is 1580. The van der Waals surface area contributed by atoms with Gasteiger partial charge < -0.3 is 4.74 Å². The number of hydrogen-bond donors (Lipinski definition) is 1. The largest absolute Gasteiger partial charge is 0.489 e. The summed E-state index contributed by atoms with van der Waals surface area (Å²) in [5, 5.41) is 4.92. The van der Waals surface area contributed by atoms with Gasteiger partial charge in [0.2, 0.25) is 10.0 Å². The lowest BCUT2D eigenvalue weighted by Crippen LogP contribution is -2.39. The molecule has 0 bridgehead atoms. The Morgan fingerprint density at radius 1 is 0.875 bits per heavy atom. The normalized spacial score (nSPS) is 11.6. The van der Waals surface area contributed by atoms with Gasteiger partial charge in [-0.3, -0.25) is 4.79 Å². The minimum absolute atomic E-state index is 0.0382. The molecule has 0 aliphatic heterocycles. The van der Waals surface area contributed by atoms with Crippen LogP contribution in [0, 0.1) is 0 Å². The second-order valence-corrected chi connectivity index (χ2v) is 11.8. The smallest absolute Gasteiger partial charge is 0.255 e. The summed E-state index contributed by atoms with van der Waals surface area (Å²) in [5.74, 6) is -0.0237. The highest BCUT2D eigenvalue weighted by Gasteiger charge is 2.28. The molecule has 0 radical (unpaired) electrons. The average molecular weight is 617 g/mol. The Labute approximate surface area is 248 Å². The highest BCUT2D eigenvalue weighted by atomic mass is 35.5. The van der Waals surface area contributed by atoms with E-state index in [-0.39, 0.29) is 21.5 Å². The van der Waals surface area contributed by atoms with Crippen LogP contribution in [0.5, 0.6) is 5.75 Å². The van der Waals surface area contributed by atoms with Crippen molar-refractivity contribution in [3.63, 3.8) is 0 Å². The van der Waals surface area contributed by atoms with Crippen LogP contribution in [0.3, 0.4) is 0 Å². The van der Waals surface area contributed by atoms with Gasteiger partial charge in [0.25, 0.3) is 5.91 Å². The summed E-state index contributed by atoms with van der Waals surface area (Å²) in [5.41, 5.74) is 4.46. The van der Waals surface area contributed by atoms with Crippen molar-refractivity contribution in [3.8, 4) is 5.75 Å². The standard InChI is InChI=1S/C29H24Cl3N3O4S/c30-23-12-14-25(15-13-23)40(37,38)35(18-26-27(31)10-5-11-28(26)32)19-29(36)34-33-17-22-8-4-9-24(16-22)39-20-21-6-2-1-3-7-21/h1-17H,18-20H2,(H,34,36)/b33-17-. The van der Waals surface area contributed by atoms with Crippen LogP contribution >= 0.6 is 34.8 Å². The van der Waals surface area contributed by atoms with Gasteiger partial charge >= 0.3 is 0 Å². The van der Waals surface area contributed by atoms with Crippen molar-refractivity contribution in [1.82, 2.24) is 9.73 Å². The number of rotatable bonds is 11. The van der Waals surface area contributed by atoms with Gasteiger partial charge in [-0.15, -0.1) is 0 Å². The Kier molecular flexibility index (Phi) is 10.2.